The van der Waals surface area contributed by atoms with Crippen molar-refractivity contribution in [3.05, 3.63) is 0 Å². The lowest BCUT2D eigenvalue weighted by atomic mass is 10.1. The van der Waals surface area contributed by atoms with Gasteiger partial charge in [-0.3, -0.25) is 0 Å². The average Bonchev–Trinajstić information content (AvgIpc) is 2.09. The normalized spacial score (nSPS) is 26.0. The Hall–Kier alpha value is -0.120. The van der Waals surface area contributed by atoms with Crippen LogP contribution in [0.4, 0.5) is 0 Å². The summed E-state index contributed by atoms with van der Waals surface area (Å²) in [5.74, 6) is 0. The van der Waals surface area contributed by atoms with Crippen LogP contribution in [0.25, 0.3) is 0 Å². The molecular weight excluding hydrogens is 150 g/mol. The fraction of sp³-hybridized carbons (Fsp3) is 1.00. The Morgan fingerprint density at radius 3 is 3.00 bits per heavy atom. The summed E-state index contributed by atoms with van der Waals surface area (Å²) in [4.78, 5) is 2.45. The number of unbranched alkanes of at least 4 members (excludes halogenated alkanes) is 1. The summed E-state index contributed by atoms with van der Waals surface area (Å²) in [5, 5.41) is 3.42. The van der Waals surface area contributed by atoms with Crippen molar-refractivity contribution < 1.29 is 0 Å². The molecule has 0 spiro atoms. The van der Waals surface area contributed by atoms with E-state index in [0.29, 0.717) is 0 Å². The molecule has 12 heavy (non-hydrogen) atoms. The SMILES string of the molecule is CN1CCNCC1CCCCN. The second-order valence-corrected chi connectivity index (χ2v) is 3.62. The highest BCUT2D eigenvalue weighted by molar-refractivity contribution is 4.76. The van der Waals surface area contributed by atoms with E-state index in [-0.39, 0.29) is 0 Å². The molecular formula is C9H21N3. The molecule has 3 heteroatoms. The molecule has 0 amide bonds. The Balaban J connectivity index is 2.11. The molecule has 3 nitrogen and oxygen atoms in total. The lowest BCUT2D eigenvalue weighted by Crippen LogP contribution is -2.49. The van der Waals surface area contributed by atoms with Gasteiger partial charge in [0, 0.05) is 25.7 Å². The first-order valence-corrected chi connectivity index (χ1v) is 4.95. The molecule has 1 unspecified atom stereocenters. The topological polar surface area (TPSA) is 41.3 Å². The summed E-state index contributed by atoms with van der Waals surface area (Å²) >= 11 is 0. The Morgan fingerprint density at radius 1 is 1.50 bits per heavy atom. The number of nitrogens with one attached hydrogen (secondary N) is 1. The number of hydrogen-bond acceptors (Lipinski definition) is 3. The number of likely N-dealkylation sites (N-methyl/N-ethyl adjacent to an activating group) is 1. The van der Waals surface area contributed by atoms with E-state index >= 15 is 0 Å². The molecule has 0 aromatic rings. The second-order valence-electron chi connectivity index (χ2n) is 3.62. The maximum absolute atomic E-state index is 5.45. The summed E-state index contributed by atoms with van der Waals surface area (Å²) in [6, 6.07) is 0.741. The molecule has 1 fully saturated rings. The molecule has 1 atom stereocenters. The van der Waals surface area contributed by atoms with Crippen LogP contribution in [0, 0.1) is 0 Å². The number of rotatable bonds is 4. The fourth-order valence-corrected chi connectivity index (χ4v) is 1.71. The van der Waals surface area contributed by atoms with Crippen molar-refractivity contribution in [2.75, 3.05) is 33.2 Å². The van der Waals surface area contributed by atoms with Gasteiger partial charge in [-0.25, -0.2) is 0 Å². The maximum atomic E-state index is 5.45. The molecule has 0 radical (unpaired) electrons. The Labute approximate surface area is 75.3 Å². The molecule has 1 aliphatic heterocycles. The van der Waals surface area contributed by atoms with Gasteiger partial charge in [0.2, 0.25) is 0 Å². The molecule has 1 saturated heterocycles. The Morgan fingerprint density at radius 2 is 2.33 bits per heavy atom. The summed E-state index contributed by atoms with van der Waals surface area (Å²) in [6.45, 7) is 4.32. The summed E-state index contributed by atoms with van der Waals surface area (Å²) in [5.41, 5.74) is 5.45. The van der Waals surface area contributed by atoms with Crippen LogP contribution in [0.3, 0.4) is 0 Å². The second kappa shape index (κ2) is 5.51. The molecule has 0 bridgehead atoms. The third-order valence-corrected chi connectivity index (χ3v) is 2.64. The van der Waals surface area contributed by atoms with E-state index in [1.165, 1.54) is 25.8 Å². The van der Waals surface area contributed by atoms with Crippen LogP contribution in [0.2, 0.25) is 0 Å². The quantitative estimate of drug-likeness (QED) is 0.586. The minimum Gasteiger partial charge on any atom is -0.330 e. The van der Waals surface area contributed by atoms with Gasteiger partial charge in [-0.15, -0.1) is 0 Å². The van der Waals surface area contributed by atoms with Crippen molar-refractivity contribution in [1.29, 1.82) is 0 Å². The predicted molar refractivity (Wildman–Crippen MR) is 52.2 cm³/mol. The van der Waals surface area contributed by atoms with Crippen LogP contribution in [-0.4, -0.2) is 44.2 Å². The van der Waals surface area contributed by atoms with Crippen LogP contribution < -0.4 is 11.1 Å². The third kappa shape index (κ3) is 3.09. The number of nitrogens with two attached hydrogens (primary N) is 1. The zero-order valence-corrected chi connectivity index (χ0v) is 8.05. The van der Waals surface area contributed by atoms with E-state index in [2.05, 4.69) is 17.3 Å². The standard InChI is InChI=1S/C9H21N3/c1-12-7-6-11-8-9(12)4-2-3-5-10/h9,11H,2-8,10H2,1H3. The minimum absolute atomic E-state index is 0.741. The van der Waals surface area contributed by atoms with Gasteiger partial charge in [0.15, 0.2) is 0 Å². The van der Waals surface area contributed by atoms with Gasteiger partial charge in [0.05, 0.1) is 0 Å². The molecule has 1 rings (SSSR count). The zero-order chi connectivity index (χ0) is 8.81. The molecule has 0 saturated carbocycles. The highest BCUT2D eigenvalue weighted by Gasteiger charge is 2.16. The molecule has 1 heterocycles. The summed E-state index contributed by atoms with van der Waals surface area (Å²) in [6.07, 6.45) is 3.73. The lowest BCUT2D eigenvalue weighted by Gasteiger charge is -2.33. The van der Waals surface area contributed by atoms with Gasteiger partial charge in [0.1, 0.15) is 0 Å². The van der Waals surface area contributed by atoms with Gasteiger partial charge in [-0.1, -0.05) is 6.42 Å². The highest BCUT2D eigenvalue weighted by atomic mass is 15.2. The van der Waals surface area contributed by atoms with Crippen molar-refractivity contribution in [3.8, 4) is 0 Å². The van der Waals surface area contributed by atoms with Crippen LogP contribution in [-0.2, 0) is 0 Å². The molecule has 72 valence electrons. The number of piperazine rings is 1. The number of nitrogens with zero attached hydrogens (tertiary/aromatic N) is 1. The Kier molecular flexibility index (Phi) is 4.58. The summed E-state index contributed by atoms with van der Waals surface area (Å²) < 4.78 is 0. The molecule has 0 aromatic heterocycles. The first-order valence-electron chi connectivity index (χ1n) is 4.95. The smallest absolute Gasteiger partial charge is 0.0218 e. The maximum Gasteiger partial charge on any atom is 0.0218 e. The zero-order valence-electron chi connectivity index (χ0n) is 8.05. The molecule has 3 N–H and O–H groups in total. The molecule has 0 aromatic carbocycles. The highest BCUT2D eigenvalue weighted by Crippen LogP contribution is 2.08. The van der Waals surface area contributed by atoms with Crippen LogP contribution in [0.1, 0.15) is 19.3 Å². The van der Waals surface area contributed by atoms with Crippen LogP contribution in [0.5, 0.6) is 0 Å². The van der Waals surface area contributed by atoms with E-state index in [0.717, 1.165) is 25.7 Å². The largest absolute Gasteiger partial charge is 0.330 e. The van der Waals surface area contributed by atoms with Crippen molar-refractivity contribution >= 4 is 0 Å². The van der Waals surface area contributed by atoms with E-state index in [9.17, 15) is 0 Å². The van der Waals surface area contributed by atoms with Gasteiger partial charge < -0.3 is 16.0 Å². The average molecular weight is 171 g/mol. The van der Waals surface area contributed by atoms with Crippen LogP contribution in [0.15, 0.2) is 0 Å². The first kappa shape index (κ1) is 9.96. The van der Waals surface area contributed by atoms with Crippen molar-refractivity contribution in [1.82, 2.24) is 10.2 Å². The number of hydrogen-bond donors (Lipinski definition) is 2. The fourth-order valence-electron chi connectivity index (χ4n) is 1.71. The van der Waals surface area contributed by atoms with Gasteiger partial charge in [-0.2, -0.15) is 0 Å². The molecule has 0 aliphatic carbocycles. The van der Waals surface area contributed by atoms with E-state index in [1.807, 2.05) is 0 Å². The Bertz CT molecular complexity index is 116. The summed E-state index contributed by atoms with van der Waals surface area (Å²) in [7, 11) is 2.22. The van der Waals surface area contributed by atoms with E-state index in [4.69, 9.17) is 5.73 Å². The third-order valence-electron chi connectivity index (χ3n) is 2.64. The van der Waals surface area contributed by atoms with Crippen LogP contribution >= 0.6 is 0 Å². The van der Waals surface area contributed by atoms with Gasteiger partial charge in [-0.05, 0) is 26.4 Å². The van der Waals surface area contributed by atoms with E-state index in [1.54, 1.807) is 0 Å². The van der Waals surface area contributed by atoms with Crippen molar-refractivity contribution in [3.63, 3.8) is 0 Å². The van der Waals surface area contributed by atoms with E-state index < -0.39 is 0 Å². The minimum atomic E-state index is 0.741. The predicted octanol–water partition coefficient (Wildman–Crippen LogP) is 0.0190. The monoisotopic (exact) mass is 171 g/mol. The molecule has 1 aliphatic rings. The van der Waals surface area contributed by atoms with Crippen molar-refractivity contribution in [2.24, 2.45) is 5.73 Å². The first-order chi connectivity index (χ1) is 5.84. The lowest BCUT2D eigenvalue weighted by molar-refractivity contribution is 0.187. The van der Waals surface area contributed by atoms with Crippen molar-refractivity contribution in [2.45, 2.75) is 25.3 Å². The van der Waals surface area contributed by atoms with Gasteiger partial charge >= 0.3 is 0 Å². The van der Waals surface area contributed by atoms with Gasteiger partial charge in [0.25, 0.3) is 0 Å².